The molecule has 2 aliphatic rings. The van der Waals surface area contributed by atoms with E-state index < -0.39 is 45.5 Å². The number of amides is 3. The summed E-state index contributed by atoms with van der Waals surface area (Å²) in [6, 6.07) is 8.41. The van der Waals surface area contributed by atoms with Gasteiger partial charge in [0, 0.05) is 37.2 Å². The molecule has 2 aliphatic heterocycles. The van der Waals surface area contributed by atoms with E-state index in [9.17, 15) is 36.0 Å². The molecule has 2 saturated heterocycles. The lowest BCUT2D eigenvalue weighted by atomic mass is 9.91. The van der Waals surface area contributed by atoms with Crippen molar-refractivity contribution in [2.75, 3.05) is 19.3 Å². The van der Waals surface area contributed by atoms with Crippen LogP contribution in [-0.2, 0) is 25.6 Å². The van der Waals surface area contributed by atoms with E-state index in [-0.39, 0.29) is 41.8 Å². The second-order valence-corrected chi connectivity index (χ2v) is 11.3. The zero-order valence-corrected chi connectivity index (χ0v) is 20.7. The van der Waals surface area contributed by atoms with Gasteiger partial charge in [0.2, 0.25) is 11.8 Å². The van der Waals surface area contributed by atoms with E-state index in [1.807, 2.05) is 0 Å². The van der Waals surface area contributed by atoms with E-state index in [0.717, 1.165) is 18.4 Å². The highest BCUT2D eigenvalue weighted by molar-refractivity contribution is 7.90. The molecule has 0 bridgehead atoms. The zero-order valence-electron chi connectivity index (χ0n) is 19.9. The van der Waals surface area contributed by atoms with Crippen molar-refractivity contribution in [1.82, 2.24) is 15.5 Å². The first-order valence-corrected chi connectivity index (χ1v) is 13.6. The molecule has 2 heterocycles. The molecule has 0 saturated carbocycles. The maximum Gasteiger partial charge on any atom is 0.416 e. The Hall–Kier alpha value is -3.41. The summed E-state index contributed by atoms with van der Waals surface area (Å²) >= 11 is 0. The van der Waals surface area contributed by atoms with Gasteiger partial charge >= 0.3 is 6.18 Å². The van der Waals surface area contributed by atoms with Crippen LogP contribution in [0.15, 0.2) is 53.4 Å². The first-order valence-electron chi connectivity index (χ1n) is 11.7. The average Bonchev–Trinajstić information content (AvgIpc) is 3.50. The summed E-state index contributed by atoms with van der Waals surface area (Å²) in [5.74, 6) is -1.59. The highest BCUT2D eigenvalue weighted by Gasteiger charge is 2.39. The predicted molar refractivity (Wildman–Crippen MR) is 127 cm³/mol. The number of alkyl halides is 3. The van der Waals surface area contributed by atoms with Crippen LogP contribution in [0.2, 0.25) is 0 Å². The van der Waals surface area contributed by atoms with Gasteiger partial charge in [-0.3, -0.25) is 14.4 Å². The molecule has 3 atom stereocenters. The Morgan fingerprint density at radius 3 is 2.43 bits per heavy atom. The van der Waals surface area contributed by atoms with Crippen LogP contribution in [0.3, 0.4) is 0 Å². The largest absolute Gasteiger partial charge is 0.416 e. The second-order valence-electron chi connectivity index (χ2n) is 9.33. The molecule has 0 spiro atoms. The molecule has 2 aromatic carbocycles. The molecule has 198 valence electrons. The van der Waals surface area contributed by atoms with Crippen molar-refractivity contribution in [3.05, 3.63) is 65.2 Å². The third-order valence-corrected chi connectivity index (χ3v) is 7.81. The normalized spacial score (nSPS) is 21.0. The zero-order chi connectivity index (χ0) is 27.0. The summed E-state index contributed by atoms with van der Waals surface area (Å²) in [5.41, 5.74) is -0.280. The number of carbonyl (C=O) groups is 3. The maximum absolute atomic E-state index is 13.4. The van der Waals surface area contributed by atoms with Crippen LogP contribution in [-0.4, -0.2) is 56.4 Å². The van der Waals surface area contributed by atoms with Gasteiger partial charge in [0.25, 0.3) is 5.91 Å². The minimum atomic E-state index is -4.51. The van der Waals surface area contributed by atoms with E-state index >= 15 is 0 Å². The molecule has 2 N–H and O–H groups in total. The van der Waals surface area contributed by atoms with Crippen LogP contribution in [0.5, 0.6) is 0 Å². The third-order valence-electron chi connectivity index (χ3n) is 6.70. The molecule has 3 amide bonds. The number of hydrogen-bond acceptors (Lipinski definition) is 5. The monoisotopic (exact) mass is 537 g/mol. The van der Waals surface area contributed by atoms with Gasteiger partial charge < -0.3 is 15.5 Å². The Bertz CT molecular complexity index is 1310. The highest BCUT2D eigenvalue weighted by atomic mass is 32.2. The molecule has 4 rings (SSSR count). The fourth-order valence-electron chi connectivity index (χ4n) is 4.77. The van der Waals surface area contributed by atoms with Crippen molar-refractivity contribution in [3.8, 4) is 0 Å². The molecule has 0 radical (unpaired) electrons. The molecule has 0 aliphatic carbocycles. The number of rotatable bonds is 6. The average molecular weight is 538 g/mol. The van der Waals surface area contributed by atoms with E-state index in [2.05, 4.69) is 10.6 Å². The van der Waals surface area contributed by atoms with Gasteiger partial charge in [-0.25, -0.2) is 8.42 Å². The maximum atomic E-state index is 13.4. The first kappa shape index (κ1) is 26.6. The number of nitrogens with zero attached hydrogens (tertiary/aromatic N) is 1. The van der Waals surface area contributed by atoms with Crippen molar-refractivity contribution in [2.24, 2.45) is 5.92 Å². The number of hydrogen-bond donors (Lipinski definition) is 2. The van der Waals surface area contributed by atoms with Gasteiger partial charge in [-0.1, -0.05) is 18.2 Å². The van der Waals surface area contributed by atoms with E-state index in [1.54, 1.807) is 0 Å². The quantitative estimate of drug-likeness (QED) is 0.589. The molecule has 0 aromatic heterocycles. The van der Waals surface area contributed by atoms with Crippen LogP contribution >= 0.6 is 0 Å². The number of halogens is 3. The lowest BCUT2D eigenvalue weighted by Gasteiger charge is -2.29. The van der Waals surface area contributed by atoms with Crippen LogP contribution in [0.25, 0.3) is 0 Å². The molecule has 12 heteroatoms. The van der Waals surface area contributed by atoms with Crippen LogP contribution in [0, 0.1) is 5.92 Å². The summed E-state index contributed by atoms with van der Waals surface area (Å²) in [7, 11) is -3.54. The Kier molecular flexibility index (Phi) is 7.31. The topological polar surface area (TPSA) is 113 Å². The van der Waals surface area contributed by atoms with Crippen LogP contribution in [0.4, 0.5) is 13.2 Å². The number of nitrogens with one attached hydrogen (secondary N) is 2. The Labute approximate surface area is 212 Å². The highest BCUT2D eigenvalue weighted by Crippen LogP contribution is 2.33. The van der Waals surface area contributed by atoms with Gasteiger partial charge in [-0.15, -0.1) is 0 Å². The van der Waals surface area contributed by atoms with Crippen LogP contribution < -0.4 is 10.6 Å². The lowest BCUT2D eigenvalue weighted by Crippen LogP contribution is -2.48. The van der Waals surface area contributed by atoms with Gasteiger partial charge in [0.1, 0.15) is 6.04 Å². The third kappa shape index (κ3) is 5.95. The Balaban J connectivity index is 1.56. The summed E-state index contributed by atoms with van der Waals surface area (Å²) in [5, 5.41) is 5.55. The van der Waals surface area contributed by atoms with Crippen molar-refractivity contribution in [1.29, 1.82) is 0 Å². The van der Waals surface area contributed by atoms with Crippen molar-refractivity contribution in [3.63, 3.8) is 0 Å². The van der Waals surface area contributed by atoms with Crippen LogP contribution in [0.1, 0.15) is 46.8 Å². The van der Waals surface area contributed by atoms with Crippen molar-refractivity contribution < 1.29 is 36.0 Å². The smallest absolute Gasteiger partial charge is 0.356 e. The standard InChI is InChI=1S/C25H26F3N3O5S/c1-37(35,36)19-5-2-4-16(12-19)24(34)31-11-3-6-20(31)23(33)30-22(17-13-21(32)29-14-17)15-7-9-18(10-8-15)25(26,27)28/h2,4-5,7-10,12,17,20,22H,3,6,11,13-14H2,1H3,(H,29,32)(H,30,33)/t17-,20-,22+/m1/s1. The van der Waals surface area contributed by atoms with Gasteiger partial charge in [-0.05, 0) is 48.7 Å². The minimum Gasteiger partial charge on any atom is -0.356 e. The summed E-state index contributed by atoms with van der Waals surface area (Å²) in [4.78, 5) is 39.8. The molecule has 2 aromatic rings. The van der Waals surface area contributed by atoms with Gasteiger partial charge in [0.15, 0.2) is 9.84 Å². The fourth-order valence-corrected chi connectivity index (χ4v) is 5.44. The van der Waals surface area contributed by atoms with Gasteiger partial charge in [0.05, 0.1) is 16.5 Å². The summed E-state index contributed by atoms with van der Waals surface area (Å²) in [6.45, 7) is 0.533. The first-order chi connectivity index (χ1) is 17.3. The van der Waals surface area contributed by atoms with E-state index in [1.165, 1.54) is 41.3 Å². The molecule has 0 unspecified atom stereocenters. The van der Waals surface area contributed by atoms with Gasteiger partial charge in [-0.2, -0.15) is 13.2 Å². The Morgan fingerprint density at radius 1 is 1.14 bits per heavy atom. The number of likely N-dealkylation sites (tertiary alicyclic amines) is 1. The SMILES string of the molecule is CS(=O)(=O)c1cccc(C(=O)N2CCC[C@@H]2C(=O)N[C@@H](c2ccc(C(F)(F)F)cc2)[C@H]2CNC(=O)C2)c1. The lowest BCUT2D eigenvalue weighted by molar-refractivity contribution is -0.137. The number of sulfone groups is 1. The molecule has 8 nitrogen and oxygen atoms in total. The van der Waals surface area contributed by atoms with E-state index in [4.69, 9.17) is 0 Å². The predicted octanol–water partition coefficient (Wildman–Crippen LogP) is 2.71. The number of carbonyl (C=O) groups excluding carboxylic acids is 3. The molecule has 2 fully saturated rings. The fraction of sp³-hybridized carbons (Fsp3) is 0.400. The number of benzene rings is 2. The minimum absolute atomic E-state index is 0.0145. The van der Waals surface area contributed by atoms with E-state index in [0.29, 0.717) is 18.4 Å². The molecular weight excluding hydrogens is 511 g/mol. The summed E-state index contributed by atoms with van der Waals surface area (Å²) in [6.07, 6.45) is -2.47. The van der Waals surface area contributed by atoms with Crippen molar-refractivity contribution >= 4 is 27.6 Å². The molecule has 37 heavy (non-hydrogen) atoms. The Morgan fingerprint density at radius 2 is 1.84 bits per heavy atom. The second kappa shape index (κ2) is 10.2. The summed E-state index contributed by atoms with van der Waals surface area (Å²) < 4.78 is 62.9. The van der Waals surface area contributed by atoms with Crippen molar-refractivity contribution in [2.45, 2.75) is 42.4 Å². The molecular formula is C25H26F3N3O5S.